The molecule has 1 aromatic heterocycles. The maximum Gasteiger partial charge on any atom is 0.316 e. The molecule has 234 valence electrons. The molecule has 0 saturated carbocycles. The molecule has 1 heterocycles. The van der Waals surface area contributed by atoms with Gasteiger partial charge in [-0.3, -0.25) is 4.18 Å². The molecule has 0 aliphatic rings. The van der Waals surface area contributed by atoms with Gasteiger partial charge in [-0.25, -0.2) is 9.97 Å². The van der Waals surface area contributed by atoms with E-state index < -0.39 is 10.1 Å². The van der Waals surface area contributed by atoms with Crippen LogP contribution in [0, 0.1) is 0 Å². The van der Waals surface area contributed by atoms with E-state index in [0.29, 0.717) is 19.2 Å². The average molecular weight is 605 g/mol. The van der Waals surface area contributed by atoms with Gasteiger partial charge in [0.1, 0.15) is 6.10 Å². The summed E-state index contributed by atoms with van der Waals surface area (Å²) in [6.07, 6.45) is 25.9. The highest BCUT2D eigenvalue weighted by Gasteiger charge is 2.13. The second kappa shape index (κ2) is 26.9. The van der Waals surface area contributed by atoms with Crippen molar-refractivity contribution < 1.29 is 26.8 Å². The highest BCUT2D eigenvalue weighted by Crippen LogP contribution is 2.14. The molecule has 10 heteroatoms. The first-order valence-electron chi connectivity index (χ1n) is 15.5. The fourth-order valence-corrected chi connectivity index (χ4v) is 5.46. The first-order chi connectivity index (χ1) is 19.5. The molecule has 0 aliphatic heterocycles. The summed E-state index contributed by atoms with van der Waals surface area (Å²) < 4.78 is 43.8. The predicted octanol–water partition coefficient (Wildman–Crippen LogP) is 7.23. The molecule has 1 atom stereocenters. The van der Waals surface area contributed by atoms with Gasteiger partial charge in [0.15, 0.2) is 0 Å². The van der Waals surface area contributed by atoms with Crippen LogP contribution in [0.5, 0.6) is 6.01 Å². The van der Waals surface area contributed by atoms with Gasteiger partial charge < -0.3 is 14.2 Å². The zero-order chi connectivity index (χ0) is 29.0. The van der Waals surface area contributed by atoms with E-state index in [0.717, 1.165) is 30.8 Å². The van der Waals surface area contributed by atoms with Crippen LogP contribution in [0.2, 0.25) is 0 Å². The molecule has 0 amide bonds. The van der Waals surface area contributed by atoms with Gasteiger partial charge in [-0.15, -0.1) is 0 Å². The lowest BCUT2D eigenvalue weighted by Crippen LogP contribution is -2.27. The van der Waals surface area contributed by atoms with Crippen molar-refractivity contribution in [3.05, 3.63) is 18.5 Å². The maximum absolute atomic E-state index is 10.9. The molecule has 0 bridgehead atoms. The van der Waals surface area contributed by atoms with Gasteiger partial charge in [-0.05, 0) is 12.5 Å². The molecule has 8 nitrogen and oxygen atoms in total. The van der Waals surface area contributed by atoms with E-state index >= 15 is 0 Å². The number of rotatable bonds is 30. The van der Waals surface area contributed by atoms with E-state index in [1.54, 1.807) is 30.2 Å². The number of aromatic nitrogens is 2. The van der Waals surface area contributed by atoms with Gasteiger partial charge in [0.05, 0.1) is 32.7 Å². The number of thioether (sulfide) groups is 1. The second-order valence-corrected chi connectivity index (χ2v) is 13.2. The number of nitrogens with zero attached hydrogens (tertiary/aromatic N) is 2. The van der Waals surface area contributed by atoms with E-state index in [-0.39, 0.29) is 19.3 Å². The number of ether oxygens (including phenoxy) is 3. The summed E-state index contributed by atoms with van der Waals surface area (Å²) in [4.78, 5) is 8.32. The number of hydrogen-bond acceptors (Lipinski definition) is 9. The SMILES string of the molecule is CCCCCCCCCCCCCCCCCCOCC(CSCCOCCOS(C)(=O)=O)Oc1ncccn1. The molecular formula is C30H56N2O6S2. The molecule has 0 aliphatic carbocycles. The maximum atomic E-state index is 10.9. The van der Waals surface area contributed by atoms with Crippen molar-refractivity contribution >= 4 is 21.9 Å². The first-order valence-corrected chi connectivity index (χ1v) is 18.5. The molecule has 0 radical (unpaired) electrons. The normalized spacial score (nSPS) is 12.6. The Morgan fingerprint density at radius 1 is 0.725 bits per heavy atom. The Morgan fingerprint density at radius 2 is 1.27 bits per heavy atom. The van der Waals surface area contributed by atoms with Crippen LogP contribution in [0.3, 0.4) is 0 Å². The molecule has 0 fully saturated rings. The van der Waals surface area contributed by atoms with Crippen LogP contribution in [0.15, 0.2) is 18.5 Å². The standard InChI is InChI=1S/C30H56N2O6S2/c1-3-4-5-6-7-8-9-10-11-12-13-14-15-16-17-18-22-36-27-29(38-30-31-20-19-21-32-30)28-39-26-25-35-23-24-37-40(2,33)34/h19-21,29H,3-18,22-28H2,1-2H3. The smallest absolute Gasteiger partial charge is 0.316 e. The van der Waals surface area contributed by atoms with Crippen molar-refractivity contribution in [3.63, 3.8) is 0 Å². The topological polar surface area (TPSA) is 96.8 Å². The molecular weight excluding hydrogens is 548 g/mol. The van der Waals surface area contributed by atoms with Crippen molar-refractivity contribution in [2.45, 2.75) is 116 Å². The highest BCUT2D eigenvalue weighted by atomic mass is 32.2. The Bertz CT molecular complexity index is 771. The summed E-state index contributed by atoms with van der Waals surface area (Å²) in [7, 11) is -3.42. The Balaban J connectivity index is 2.01. The monoisotopic (exact) mass is 604 g/mol. The molecule has 1 rings (SSSR count). The van der Waals surface area contributed by atoms with Crippen LogP contribution in [-0.2, 0) is 23.8 Å². The second-order valence-electron chi connectivity index (χ2n) is 10.4. The van der Waals surface area contributed by atoms with E-state index in [1.165, 1.54) is 96.3 Å². The van der Waals surface area contributed by atoms with E-state index in [4.69, 9.17) is 14.2 Å². The van der Waals surface area contributed by atoms with Crippen LogP contribution in [-0.4, -0.2) is 75.3 Å². The van der Waals surface area contributed by atoms with Crippen molar-refractivity contribution in [1.29, 1.82) is 0 Å². The third kappa shape index (κ3) is 26.0. The minimum Gasteiger partial charge on any atom is -0.457 e. The van der Waals surface area contributed by atoms with E-state index in [2.05, 4.69) is 21.1 Å². The Morgan fingerprint density at radius 3 is 1.82 bits per heavy atom. The molecule has 0 aromatic carbocycles. The van der Waals surface area contributed by atoms with Crippen molar-refractivity contribution in [2.24, 2.45) is 0 Å². The van der Waals surface area contributed by atoms with Gasteiger partial charge in [-0.1, -0.05) is 103 Å². The molecule has 1 unspecified atom stereocenters. The fourth-order valence-electron chi connectivity index (χ4n) is 4.26. The Hall–Kier alpha value is -0.940. The Kier molecular flexibility index (Phi) is 25.0. The molecule has 0 saturated heterocycles. The van der Waals surface area contributed by atoms with Crippen LogP contribution in [0.1, 0.15) is 110 Å². The lowest BCUT2D eigenvalue weighted by molar-refractivity contribution is 0.0541. The van der Waals surface area contributed by atoms with Gasteiger partial charge in [-0.2, -0.15) is 20.2 Å². The van der Waals surface area contributed by atoms with Crippen LogP contribution in [0.25, 0.3) is 0 Å². The minimum atomic E-state index is -3.42. The average Bonchev–Trinajstić information content (AvgIpc) is 2.93. The van der Waals surface area contributed by atoms with E-state index in [9.17, 15) is 8.42 Å². The van der Waals surface area contributed by atoms with Gasteiger partial charge in [0, 0.05) is 30.5 Å². The minimum absolute atomic E-state index is 0.0355. The largest absolute Gasteiger partial charge is 0.457 e. The van der Waals surface area contributed by atoms with Crippen LogP contribution >= 0.6 is 11.8 Å². The van der Waals surface area contributed by atoms with Crippen LogP contribution < -0.4 is 4.74 Å². The zero-order valence-electron chi connectivity index (χ0n) is 25.2. The molecule has 1 aromatic rings. The van der Waals surface area contributed by atoms with Crippen LogP contribution in [0.4, 0.5) is 0 Å². The van der Waals surface area contributed by atoms with Gasteiger partial charge >= 0.3 is 6.01 Å². The lowest BCUT2D eigenvalue weighted by atomic mass is 10.0. The highest BCUT2D eigenvalue weighted by molar-refractivity contribution is 7.99. The zero-order valence-corrected chi connectivity index (χ0v) is 26.9. The summed E-state index contributed by atoms with van der Waals surface area (Å²) in [5, 5.41) is 0. The molecule has 40 heavy (non-hydrogen) atoms. The van der Waals surface area contributed by atoms with Crippen molar-refractivity contribution in [3.8, 4) is 6.01 Å². The first kappa shape index (κ1) is 37.1. The number of hydrogen-bond donors (Lipinski definition) is 0. The summed E-state index contributed by atoms with van der Waals surface area (Å²) in [5.41, 5.74) is 0. The quantitative estimate of drug-likeness (QED) is 0.0665. The van der Waals surface area contributed by atoms with Gasteiger partial charge in [0.25, 0.3) is 10.1 Å². The third-order valence-corrected chi connectivity index (χ3v) is 8.12. The number of unbranched alkanes of at least 4 members (excludes halogenated alkanes) is 15. The lowest BCUT2D eigenvalue weighted by Gasteiger charge is -2.17. The predicted molar refractivity (Wildman–Crippen MR) is 166 cm³/mol. The Labute approximate surface area is 249 Å². The molecule has 0 N–H and O–H groups in total. The summed E-state index contributed by atoms with van der Waals surface area (Å²) in [6, 6.07) is 2.11. The molecule has 0 spiro atoms. The van der Waals surface area contributed by atoms with E-state index in [1.807, 2.05) is 0 Å². The van der Waals surface area contributed by atoms with Gasteiger partial charge in [0.2, 0.25) is 0 Å². The third-order valence-electron chi connectivity index (χ3n) is 6.46. The fraction of sp³-hybridized carbons (Fsp3) is 0.867. The summed E-state index contributed by atoms with van der Waals surface area (Å²) >= 11 is 1.69. The van der Waals surface area contributed by atoms with Crippen molar-refractivity contribution in [2.75, 3.05) is 50.8 Å². The van der Waals surface area contributed by atoms with Crippen molar-refractivity contribution in [1.82, 2.24) is 9.97 Å². The summed E-state index contributed by atoms with van der Waals surface area (Å²) in [6.45, 7) is 4.30. The summed E-state index contributed by atoms with van der Waals surface area (Å²) in [5.74, 6) is 1.48.